The summed E-state index contributed by atoms with van der Waals surface area (Å²) in [6, 6.07) is 5.72. The topological polar surface area (TPSA) is 80.5 Å². The van der Waals surface area contributed by atoms with Crippen LogP contribution in [0.1, 0.15) is 18.7 Å². The third kappa shape index (κ3) is 2.82. The van der Waals surface area contributed by atoms with Crippen molar-refractivity contribution in [3.8, 4) is 0 Å². The van der Waals surface area contributed by atoms with Crippen molar-refractivity contribution in [2.75, 3.05) is 26.8 Å². The molecule has 3 heterocycles. The lowest BCUT2D eigenvalue weighted by Crippen LogP contribution is -2.50. The average Bonchev–Trinajstić information content (AvgIpc) is 2.97. The van der Waals surface area contributed by atoms with Gasteiger partial charge in [0.25, 0.3) is 0 Å². The molecule has 0 atom stereocenters. The molecule has 3 rings (SSSR count). The molecule has 1 aliphatic heterocycles. The van der Waals surface area contributed by atoms with E-state index in [4.69, 9.17) is 4.74 Å². The van der Waals surface area contributed by atoms with E-state index in [1.807, 2.05) is 28.8 Å². The molecule has 0 spiro atoms. The van der Waals surface area contributed by atoms with Gasteiger partial charge in [0, 0.05) is 13.3 Å². The number of fused-ring (bicyclic) bond motifs is 1. The van der Waals surface area contributed by atoms with Crippen molar-refractivity contribution >= 4 is 11.6 Å². The Labute approximate surface area is 129 Å². The van der Waals surface area contributed by atoms with E-state index in [1.54, 1.807) is 7.11 Å². The van der Waals surface area contributed by atoms with Crippen molar-refractivity contribution in [3.63, 3.8) is 0 Å². The van der Waals surface area contributed by atoms with Gasteiger partial charge in [-0.3, -0.25) is 9.20 Å². The zero-order chi connectivity index (χ0) is 15.4. The van der Waals surface area contributed by atoms with E-state index < -0.39 is 5.41 Å². The SMILES string of the molecule is COCC1(C(=O)NCc2nnc3ccccn23)CCNCC1. The summed E-state index contributed by atoms with van der Waals surface area (Å²) < 4.78 is 7.17. The molecule has 2 aromatic heterocycles. The fourth-order valence-electron chi connectivity index (χ4n) is 2.98. The first-order chi connectivity index (χ1) is 10.7. The Hall–Kier alpha value is -1.99. The molecule has 0 saturated carbocycles. The molecule has 7 heteroatoms. The maximum Gasteiger partial charge on any atom is 0.229 e. The predicted molar refractivity (Wildman–Crippen MR) is 81.2 cm³/mol. The van der Waals surface area contributed by atoms with Gasteiger partial charge in [0.2, 0.25) is 5.91 Å². The first-order valence-corrected chi connectivity index (χ1v) is 7.52. The molecule has 0 unspecified atom stereocenters. The van der Waals surface area contributed by atoms with Crippen molar-refractivity contribution in [1.82, 2.24) is 25.2 Å². The molecule has 0 aromatic carbocycles. The largest absolute Gasteiger partial charge is 0.384 e. The highest BCUT2D eigenvalue weighted by atomic mass is 16.5. The fraction of sp³-hybridized carbons (Fsp3) is 0.533. The van der Waals surface area contributed by atoms with Gasteiger partial charge in [0.05, 0.1) is 18.6 Å². The predicted octanol–water partition coefficient (Wildman–Crippen LogP) is 0.362. The van der Waals surface area contributed by atoms with Gasteiger partial charge in [0.15, 0.2) is 11.5 Å². The van der Waals surface area contributed by atoms with Crippen LogP contribution in [0.2, 0.25) is 0 Å². The third-order valence-electron chi connectivity index (χ3n) is 4.25. The standard InChI is InChI=1S/C15H21N5O2/c1-22-11-15(5-7-16-8-6-15)14(21)17-10-13-19-18-12-4-2-3-9-20(12)13/h2-4,9,16H,5-8,10-11H2,1H3,(H,17,21). The number of carbonyl (C=O) groups is 1. The minimum atomic E-state index is -0.444. The fourth-order valence-corrected chi connectivity index (χ4v) is 2.98. The molecule has 2 aromatic rings. The maximum absolute atomic E-state index is 12.7. The zero-order valence-electron chi connectivity index (χ0n) is 12.7. The van der Waals surface area contributed by atoms with Gasteiger partial charge in [-0.1, -0.05) is 6.07 Å². The number of methoxy groups -OCH3 is 1. The van der Waals surface area contributed by atoms with E-state index in [1.165, 1.54) is 0 Å². The number of amides is 1. The Kier molecular flexibility index (Phi) is 4.35. The highest BCUT2D eigenvalue weighted by Crippen LogP contribution is 2.29. The van der Waals surface area contributed by atoms with Crippen LogP contribution in [-0.2, 0) is 16.1 Å². The number of ether oxygens (including phenoxy) is 1. The van der Waals surface area contributed by atoms with Gasteiger partial charge in [-0.25, -0.2) is 0 Å². The van der Waals surface area contributed by atoms with Crippen LogP contribution < -0.4 is 10.6 Å². The van der Waals surface area contributed by atoms with Gasteiger partial charge in [-0.15, -0.1) is 10.2 Å². The van der Waals surface area contributed by atoms with Crippen LogP contribution in [0.3, 0.4) is 0 Å². The number of nitrogens with zero attached hydrogens (tertiary/aromatic N) is 3. The Morgan fingerprint density at radius 2 is 2.23 bits per heavy atom. The van der Waals surface area contributed by atoms with Gasteiger partial charge in [0.1, 0.15) is 0 Å². The summed E-state index contributed by atoms with van der Waals surface area (Å²) in [6.45, 7) is 2.49. The Bertz CT molecular complexity index is 643. The minimum Gasteiger partial charge on any atom is -0.384 e. The van der Waals surface area contributed by atoms with Gasteiger partial charge in [-0.2, -0.15) is 0 Å². The highest BCUT2D eigenvalue weighted by molar-refractivity contribution is 5.82. The summed E-state index contributed by atoms with van der Waals surface area (Å²) >= 11 is 0. The molecular formula is C15H21N5O2. The van der Waals surface area contributed by atoms with Crippen molar-refractivity contribution in [2.24, 2.45) is 5.41 Å². The molecule has 22 heavy (non-hydrogen) atoms. The zero-order valence-corrected chi connectivity index (χ0v) is 12.7. The molecule has 1 saturated heterocycles. The van der Waals surface area contributed by atoms with Gasteiger partial charge < -0.3 is 15.4 Å². The second-order valence-electron chi connectivity index (χ2n) is 5.69. The van der Waals surface area contributed by atoms with Crippen molar-refractivity contribution in [3.05, 3.63) is 30.2 Å². The lowest BCUT2D eigenvalue weighted by atomic mass is 9.78. The molecule has 1 amide bonds. The van der Waals surface area contributed by atoms with Crippen LogP contribution in [0.5, 0.6) is 0 Å². The van der Waals surface area contributed by atoms with Gasteiger partial charge >= 0.3 is 0 Å². The summed E-state index contributed by atoms with van der Waals surface area (Å²) in [5.41, 5.74) is 0.334. The molecule has 118 valence electrons. The molecule has 7 nitrogen and oxygen atoms in total. The second-order valence-corrected chi connectivity index (χ2v) is 5.69. The van der Waals surface area contributed by atoms with E-state index in [-0.39, 0.29) is 5.91 Å². The van der Waals surface area contributed by atoms with E-state index in [9.17, 15) is 4.79 Å². The first kappa shape index (κ1) is 14.9. The monoisotopic (exact) mass is 303 g/mol. The Morgan fingerprint density at radius 1 is 1.41 bits per heavy atom. The number of piperidine rings is 1. The third-order valence-corrected chi connectivity index (χ3v) is 4.25. The molecule has 1 fully saturated rings. The number of nitrogens with one attached hydrogen (secondary N) is 2. The summed E-state index contributed by atoms with van der Waals surface area (Å²) in [5, 5.41) is 14.5. The Balaban J connectivity index is 1.70. The molecule has 2 N–H and O–H groups in total. The van der Waals surface area contributed by atoms with E-state index >= 15 is 0 Å². The number of hydrogen-bond acceptors (Lipinski definition) is 5. The van der Waals surface area contributed by atoms with Crippen LogP contribution in [0.15, 0.2) is 24.4 Å². The molecule has 1 aliphatic rings. The molecular weight excluding hydrogens is 282 g/mol. The normalized spacial score (nSPS) is 17.5. The van der Waals surface area contributed by atoms with Crippen LogP contribution in [-0.4, -0.2) is 47.3 Å². The van der Waals surface area contributed by atoms with Crippen molar-refractivity contribution < 1.29 is 9.53 Å². The van der Waals surface area contributed by atoms with Crippen LogP contribution in [0.4, 0.5) is 0 Å². The summed E-state index contributed by atoms with van der Waals surface area (Å²) in [7, 11) is 1.64. The lowest BCUT2D eigenvalue weighted by molar-refractivity contribution is -0.136. The summed E-state index contributed by atoms with van der Waals surface area (Å²) in [5.74, 6) is 0.758. The second kappa shape index (κ2) is 6.41. The smallest absolute Gasteiger partial charge is 0.229 e. The number of pyridine rings is 1. The number of rotatable bonds is 5. The number of aromatic nitrogens is 3. The van der Waals surface area contributed by atoms with Crippen LogP contribution in [0.25, 0.3) is 5.65 Å². The number of carbonyl (C=O) groups excluding carboxylic acids is 1. The van der Waals surface area contributed by atoms with E-state index in [0.29, 0.717) is 13.2 Å². The van der Waals surface area contributed by atoms with E-state index in [0.717, 1.165) is 37.4 Å². The highest BCUT2D eigenvalue weighted by Gasteiger charge is 2.39. The summed E-state index contributed by atoms with van der Waals surface area (Å²) in [6.07, 6.45) is 3.47. The van der Waals surface area contributed by atoms with Crippen molar-refractivity contribution in [1.29, 1.82) is 0 Å². The van der Waals surface area contributed by atoms with Crippen LogP contribution >= 0.6 is 0 Å². The molecule has 0 aliphatic carbocycles. The van der Waals surface area contributed by atoms with Crippen molar-refractivity contribution in [2.45, 2.75) is 19.4 Å². The van der Waals surface area contributed by atoms with Crippen LogP contribution in [0, 0.1) is 5.41 Å². The quantitative estimate of drug-likeness (QED) is 0.834. The Morgan fingerprint density at radius 3 is 3.00 bits per heavy atom. The molecule has 0 radical (unpaired) electrons. The average molecular weight is 303 g/mol. The molecule has 0 bridgehead atoms. The lowest BCUT2D eigenvalue weighted by Gasteiger charge is -2.35. The minimum absolute atomic E-state index is 0.0310. The first-order valence-electron chi connectivity index (χ1n) is 7.52. The van der Waals surface area contributed by atoms with E-state index in [2.05, 4.69) is 20.8 Å². The van der Waals surface area contributed by atoms with Gasteiger partial charge in [-0.05, 0) is 38.1 Å². The summed E-state index contributed by atoms with van der Waals surface area (Å²) in [4.78, 5) is 12.7. The maximum atomic E-state index is 12.7. The number of hydrogen-bond donors (Lipinski definition) is 2.